The van der Waals surface area contributed by atoms with Crippen LogP contribution < -0.4 is 5.73 Å². The van der Waals surface area contributed by atoms with Gasteiger partial charge in [0.2, 0.25) is 0 Å². The molecule has 0 bridgehead atoms. The van der Waals surface area contributed by atoms with E-state index in [4.69, 9.17) is 10.2 Å². The van der Waals surface area contributed by atoms with E-state index in [2.05, 4.69) is 33.9 Å². The fourth-order valence-corrected chi connectivity index (χ4v) is 3.91. The molecule has 0 radical (unpaired) electrons. The largest absolute Gasteiger partial charge is 0.480 e. The van der Waals surface area contributed by atoms with Gasteiger partial charge in [-0.25, -0.2) is 4.79 Å². The molecule has 0 unspecified atom stereocenters. The number of benzene rings is 1. The van der Waals surface area contributed by atoms with Crippen LogP contribution >= 0.6 is 0 Å². The van der Waals surface area contributed by atoms with Crippen LogP contribution in [0.5, 0.6) is 0 Å². The van der Waals surface area contributed by atoms with Crippen molar-refractivity contribution in [2.24, 2.45) is 11.7 Å². The summed E-state index contributed by atoms with van der Waals surface area (Å²) in [5.41, 5.74) is 5.24. The van der Waals surface area contributed by atoms with Crippen molar-refractivity contribution in [3.8, 4) is 0 Å². The molecule has 0 saturated carbocycles. The van der Waals surface area contributed by atoms with Gasteiger partial charge in [0.25, 0.3) is 0 Å². The minimum absolute atomic E-state index is 0.101. The molecule has 0 aromatic heterocycles. The van der Waals surface area contributed by atoms with Crippen LogP contribution in [0.4, 0.5) is 0 Å². The van der Waals surface area contributed by atoms with Crippen molar-refractivity contribution < 1.29 is 19.1 Å². The number of carbonyl (C=O) groups is 2. The standard InChI is InChI=1S/C21H35NO4Si/c1-15(2)21(22,19(24)25)18(23)17(26-27(6,7)20(3,4)5)14-13-16-11-9-8-10-12-16/h8-12,15,17H,13-14,22H2,1-7H3,(H,24,25)/t17-,21-/m1/s1. The van der Waals surface area contributed by atoms with Crippen molar-refractivity contribution in [3.05, 3.63) is 35.9 Å². The van der Waals surface area contributed by atoms with E-state index in [0.29, 0.717) is 12.8 Å². The molecule has 152 valence electrons. The van der Waals surface area contributed by atoms with Crippen LogP contribution in [0.2, 0.25) is 18.1 Å². The molecule has 0 heterocycles. The van der Waals surface area contributed by atoms with E-state index in [1.54, 1.807) is 13.8 Å². The second-order valence-corrected chi connectivity index (χ2v) is 13.8. The van der Waals surface area contributed by atoms with Crippen LogP contribution in [0.1, 0.15) is 46.6 Å². The summed E-state index contributed by atoms with van der Waals surface area (Å²) in [7, 11) is -2.29. The molecule has 0 amide bonds. The Morgan fingerprint density at radius 3 is 2.07 bits per heavy atom. The third-order valence-electron chi connectivity index (χ3n) is 5.75. The van der Waals surface area contributed by atoms with Gasteiger partial charge in [0.05, 0.1) is 0 Å². The second-order valence-electron chi connectivity index (χ2n) is 9.08. The number of aryl methyl sites for hydroxylation is 1. The summed E-state index contributed by atoms with van der Waals surface area (Å²) >= 11 is 0. The maximum atomic E-state index is 13.3. The molecule has 5 nitrogen and oxygen atoms in total. The van der Waals surface area contributed by atoms with Crippen molar-refractivity contribution in [2.45, 2.75) is 77.2 Å². The zero-order valence-corrected chi connectivity index (χ0v) is 18.7. The summed E-state index contributed by atoms with van der Waals surface area (Å²) in [5.74, 6) is -2.37. The Morgan fingerprint density at radius 1 is 1.15 bits per heavy atom. The van der Waals surface area contributed by atoms with Gasteiger partial charge in [0, 0.05) is 0 Å². The first kappa shape index (κ1) is 23.5. The highest BCUT2D eigenvalue weighted by atomic mass is 28.4. The predicted molar refractivity (Wildman–Crippen MR) is 111 cm³/mol. The highest BCUT2D eigenvalue weighted by molar-refractivity contribution is 6.74. The van der Waals surface area contributed by atoms with Crippen molar-refractivity contribution in [2.75, 3.05) is 0 Å². The average Bonchev–Trinajstić information content (AvgIpc) is 2.56. The number of aliphatic carboxylic acids is 1. The van der Waals surface area contributed by atoms with Crippen LogP contribution in [0.15, 0.2) is 30.3 Å². The first-order chi connectivity index (χ1) is 12.2. The van der Waals surface area contributed by atoms with Crippen LogP contribution in [0, 0.1) is 5.92 Å². The normalized spacial score (nSPS) is 16.0. The predicted octanol–water partition coefficient (Wildman–Crippen LogP) is 4.02. The number of carbonyl (C=O) groups excluding carboxylic acids is 1. The lowest BCUT2D eigenvalue weighted by atomic mass is 9.80. The number of nitrogens with two attached hydrogens (primary N) is 1. The van der Waals surface area contributed by atoms with Crippen molar-refractivity contribution in [3.63, 3.8) is 0 Å². The lowest BCUT2D eigenvalue weighted by molar-refractivity contribution is -0.153. The molecule has 0 aliphatic carbocycles. The topological polar surface area (TPSA) is 89.6 Å². The van der Waals surface area contributed by atoms with Crippen LogP contribution in [-0.4, -0.2) is 36.8 Å². The van der Waals surface area contributed by atoms with E-state index in [1.807, 2.05) is 30.3 Å². The Hall–Kier alpha value is -1.50. The molecule has 1 rings (SSSR count). The molecule has 0 fully saturated rings. The SMILES string of the molecule is CC(C)[C@](N)(C(=O)O)C(=O)[C@@H](CCc1ccccc1)O[Si](C)(C)C(C)(C)C. The maximum absolute atomic E-state index is 13.3. The summed E-state index contributed by atoms with van der Waals surface area (Å²) in [6.07, 6.45) is 0.197. The molecule has 1 aromatic carbocycles. The highest BCUT2D eigenvalue weighted by Gasteiger charge is 2.50. The lowest BCUT2D eigenvalue weighted by Crippen LogP contribution is -2.63. The Balaban J connectivity index is 3.19. The number of hydrogen-bond donors (Lipinski definition) is 2. The molecule has 1 aromatic rings. The molecule has 0 aliphatic rings. The lowest BCUT2D eigenvalue weighted by Gasteiger charge is -2.41. The number of ketones is 1. The fourth-order valence-electron chi connectivity index (χ4n) is 2.62. The van der Waals surface area contributed by atoms with E-state index in [1.165, 1.54) is 0 Å². The maximum Gasteiger partial charge on any atom is 0.331 e. The van der Waals surface area contributed by atoms with E-state index in [9.17, 15) is 14.7 Å². The van der Waals surface area contributed by atoms with Gasteiger partial charge in [-0.2, -0.15) is 0 Å². The fraction of sp³-hybridized carbons (Fsp3) is 0.619. The monoisotopic (exact) mass is 393 g/mol. The zero-order valence-electron chi connectivity index (χ0n) is 17.7. The molecule has 0 aliphatic heterocycles. The summed E-state index contributed by atoms with van der Waals surface area (Å²) in [4.78, 5) is 25.1. The molecular weight excluding hydrogens is 358 g/mol. The molecule has 27 heavy (non-hydrogen) atoms. The molecule has 2 atom stereocenters. The van der Waals surface area contributed by atoms with E-state index >= 15 is 0 Å². The molecular formula is C21H35NO4Si. The minimum Gasteiger partial charge on any atom is -0.480 e. The summed E-state index contributed by atoms with van der Waals surface area (Å²) in [5, 5.41) is 9.58. The summed E-state index contributed by atoms with van der Waals surface area (Å²) < 4.78 is 6.38. The number of Topliss-reactive ketones (excluding diaryl/α,β-unsaturated/α-hetero) is 1. The smallest absolute Gasteiger partial charge is 0.331 e. The van der Waals surface area contributed by atoms with E-state index in [-0.39, 0.29) is 5.04 Å². The van der Waals surface area contributed by atoms with Gasteiger partial charge in [-0.15, -0.1) is 0 Å². The molecule has 6 heteroatoms. The van der Waals surface area contributed by atoms with Gasteiger partial charge in [-0.1, -0.05) is 65.0 Å². The first-order valence-electron chi connectivity index (χ1n) is 9.51. The minimum atomic E-state index is -2.29. The number of carboxylic acids is 1. The molecule has 0 spiro atoms. The average molecular weight is 394 g/mol. The third-order valence-corrected chi connectivity index (χ3v) is 10.2. The summed E-state index contributed by atoms with van der Waals surface area (Å²) in [6, 6.07) is 9.80. The van der Waals surface area contributed by atoms with Gasteiger partial charge in [0.15, 0.2) is 19.6 Å². The zero-order chi connectivity index (χ0) is 21.0. The Kier molecular flexibility index (Phi) is 7.56. The third kappa shape index (κ3) is 5.50. The quantitative estimate of drug-likeness (QED) is 0.488. The van der Waals surface area contributed by atoms with Gasteiger partial charge in [0.1, 0.15) is 6.10 Å². The van der Waals surface area contributed by atoms with Crippen molar-refractivity contribution in [1.82, 2.24) is 0 Å². The van der Waals surface area contributed by atoms with E-state index < -0.39 is 37.6 Å². The molecule has 3 N–H and O–H groups in total. The Morgan fingerprint density at radius 2 is 1.67 bits per heavy atom. The van der Waals surface area contributed by atoms with Gasteiger partial charge >= 0.3 is 5.97 Å². The Labute approximate surface area is 164 Å². The number of carboxylic acid groups (broad SMARTS) is 1. The van der Waals surface area contributed by atoms with Crippen LogP contribution in [0.25, 0.3) is 0 Å². The Bertz CT molecular complexity index is 652. The van der Waals surface area contributed by atoms with E-state index in [0.717, 1.165) is 5.56 Å². The van der Waals surface area contributed by atoms with Gasteiger partial charge in [-0.05, 0) is 42.5 Å². The highest BCUT2D eigenvalue weighted by Crippen LogP contribution is 2.38. The van der Waals surface area contributed by atoms with Gasteiger partial charge in [-0.3, -0.25) is 4.79 Å². The van der Waals surface area contributed by atoms with Crippen LogP contribution in [-0.2, 0) is 20.4 Å². The first-order valence-corrected chi connectivity index (χ1v) is 12.4. The van der Waals surface area contributed by atoms with Crippen LogP contribution in [0.3, 0.4) is 0 Å². The second kappa shape index (κ2) is 8.67. The van der Waals surface area contributed by atoms with Crippen molar-refractivity contribution >= 4 is 20.1 Å². The summed E-state index contributed by atoms with van der Waals surface area (Å²) in [6.45, 7) is 13.7. The molecule has 0 saturated heterocycles. The number of rotatable bonds is 9. The number of hydrogen-bond acceptors (Lipinski definition) is 4. The van der Waals surface area contributed by atoms with Gasteiger partial charge < -0.3 is 15.3 Å². The van der Waals surface area contributed by atoms with Crippen molar-refractivity contribution in [1.29, 1.82) is 0 Å².